The fourth-order valence-electron chi connectivity index (χ4n) is 2.17. The van der Waals surface area contributed by atoms with Gasteiger partial charge in [0.05, 0.1) is 5.69 Å². The van der Waals surface area contributed by atoms with E-state index in [0.717, 1.165) is 16.3 Å². The molecule has 3 rings (SSSR count). The van der Waals surface area contributed by atoms with Crippen molar-refractivity contribution in [3.63, 3.8) is 0 Å². The summed E-state index contributed by atoms with van der Waals surface area (Å²) in [5.74, 6) is 0. The molecule has 0 radical (unpaired) electrons. The minimum atomic E-state index is -2.30. The molecule has 0 saturated heterocycles. The van der Waals surface area contributed by atoms with Crippen molar-refractivity contribution >= 4 is 33.9 Å². The molecule has 0 aliphatic heterocycles. The molecule has 0 aliphatic rings. The predicted octanol–water partition coefficient (Wildman–Crippen LogP) is 5.32. The molecule has 3 aromatic carbocycles. The Morgan fingerprint density at radius 1 is 0.571 bits per heavy atom. The first-order valence-corrected chi connectivity index (χ1v) is 9.42. The molecule has 0 spiro atoms. The van der Waals surface area contributed by atoms with E-state index in [0.29, 0.717) is 0 Å². The lowest BCUT2D eigenvalue weighted by atomic mass is 10.3. The number of rotatable bonds is 3. The van der Waals surface area contributed by atoms with Crippen LogP contribution in [0.25, 0.3) is 0 Å². The van der Waals surface area contributed by atoms with E-state index in [-0.39, 0.29) is 0 Å². The summed E-state index contributed by atoms with van der Waals surface area (Å²) >= 11 is 7.07. The van der Waals surface area contributed by atoms with Gasteiger partial charge in [-0.15, -0.1) is 0 Å². The lowest BCUT2D eigenvalue weighted by molar-refractivity contribution is 1.56. The summed E-state index contributed by atoms with van der Waals surface area (Å²) in [6, 6.07) is 30.2. The molecular weight excluding hydrogens is 297 g/mol. The van der Waals surface area contributed by atoms with Gasteiger partial charge in [-0.1, -0.05) is 90.1 Å². The van der Waals surface area contributed by atoms with Crippen molar-refractivity contribution in [3.8, 4) is 0 Å². The number of hydrogen-bond donors (Lipinski definition) is 0. The Bertz CT molecular complexity index is 711. The first-order chi connectivity index (χ1) is 10.3. The molecular formula is C18H15ClNP. The molecule has 0 amide bonds. The lowest BCUT2D eigenvalue weighted by Gasteiger charge is -2.18. The number of hydrogen-bond acceptors (Lipinski definition) is 1. The van der Waals surface area contributed by atoms with E-state index in [4.69, 9.17) is 16.0 Å². The van der Waals surface area contributed by atoms with Crippen molar-refractivity contribution in [3.05, 3.63) is 91.0 Å². The molecule has 0 aromatic heterocycles. The Morgan fingerprint density at radius 2 is 0.952 bits per heavy atom. The molecule has 21 heavy (non-hydrogen) atoms. The van der Waals surface area contributed by atoms with E-state index < -0.39 is 6.41 Å². The Labute approximate surface area is 130 Å². The third-order valence-electron chi connectivity index (χ3n) is 3.21. The Kier molecular flexibility index (Phi) is 4.24. The zero-order valence-corrected chi connectivity index (χ0v) is 13.1. The Hall–Kier alpha value is -1.82. The topological polar surface area (TPSA) is 12.4 Å². The highest BCUT2D eigenvalue weighted by molar-refractivity contribution is 8.02. The second kappa shape index (κ2) is 6.30. The molecule has 0 unspecified atom stereocenters. The molecule has 0 fully saturated rings. The molecule has 0 heterocycles. The summed E-state index contributed by atoms with van der Waals surface area (Å²) < 4.78 is 4.91. The first-order valence-electron chi connectivity index (χ1n) is 6.77. The van der Waals surface area contributed by atoms with Crippen LogP contribution in [0, 0.1) is 0 Å². The van der Waals surface area contributed by atoms with Crippen LogP contribution in [0.5, 0.6) is 0 Å². The maximum absolute atomic E-state index is 7.07. The molecule has 3 aromatic rings. The van der Waals surface area contributed by atoms with Crippen molar-refractivity contribution in [2.24, 2.45) is 4.74 Å². The second-order valence-corrected chi connectivity index (χ2v) is 8.48. The normalized spacial score (nSPS) is 11.1. The monoisotopic (exact) mass is 311 g/mol. The van der Waals surface area contributed by atoms with E-state index in [1.54, 1.807) is 0 Å². The highest BCUT2D eigenvalue weighted by Crippen LogP contribution is 2.54. The standard InChI is InChI=1S/C18H15ClNP/c19-21(17-12-6-2-7-13-17,18-14-8-3-9-15-18)20-16-10-4-1-5-11-16/h1-15H. The molecule has 104 valence electrons. The fourth-order valence-corrected chi connectivity index (χ4v) is 5.22. The van der Waals surface area contributed by atoms with Crippen LogP contribution in [0.2, 0.25) is 0 Å². The Morgan fingerprint density at radius 3 is 1.38 bits per heavy atom. The van der Waals surface area contributed by atoms with Crippen LogP contribution in [0.1, 0.15) is 0 Å². The number of halogens is 1. The fraction of sp³-hybridized carbons (Fsp3) is 0. The van der Waals surface area contributed by atoms with E-state index in [2.05, 4.69) is 24.3 Å². The van der Waals surface area contributed by atoms with E-state index in [1.807, 2.05) is 66.7 Å². The van der Waals surface area contributed by atoms with Crippen LogP contribution in [0.4, 0.5) is 5.69 Å². The van der Waals surface area contributed by atoms with Crippen LogP contribution in [-0.4, -0.2) is 0 Å². The second-order valence-electron chi connectivity index (χ2n) is 4.66. The van der Waals surface area contributed by atoms with E-state index >= 15 is 0 Å². The van der Waals surface area contributed by atoms with Crippen LogP contribution in [-0.2, 0) is 0 Å². The van der Waals surface area contributed by atoms with Gasteiger partial charge in [-0.05, 0) is 12.1 Å². The molecule has 0 N–H and O–H groups in total. The Balaban J connectivity index is 2.24. The van der Waals surface area contributed by atoms with Crippen LogP contribution >= 0.6 is 17.6 Å². The summed E-state index contributed by atoms with van der Waals surface area (Å²) in [6.07, 6.45) is -2.30. The largest absolute Gasteiger partial charge is 0.243 e. The van der Waals surface area contributed by atoms with Gasteiger partial charge >= 0.3 is 0 Å². The smallest absolute Gasteiger partial charge is 0.116 e. The number of benzene rings is 3. The lowest BCUT2D eigenvalue weighted by Crippen LogP contribution is -2.11. The minimum Gasteiger partial charge on any atom is -0.243 e. The molecule has 0 bridgehead atoms. The molecule has 0 atom stereocenters. The highest BCUT2D eigenvalue weighted by Gasteiger charge is 2.21. The maximum Gasteiger partial charge on any atom is 0.116 e. The average Bonchev–Trinajstić information content (AvgIpc) is 2.57. The van der Waals surface area contributed by atoms with Crippen LogP contribution in [0.15, 0.2) is 95.7 Å². The maximum atomic E-state index is 7.07. The number of nitrogens with zero attached hydrogens (tertiary/aromatic N) is 1. The van der Waals surface area contributed by atoms with Crippen molar-refractivity contribution < 1.29 is 0 Å². The van der Waals surface area contributed by atoms with Crippen LogP contribution < -0.4 is 10.6 Å². The van der Waals surface area contributed by atoms with Gasteiger partial charge < -0.3 is 0 Å². The third-order valence-corrected chi connectivity index (χ3v) is 7.08. The molecule has 1 nitrogen and oxygen atoms in total. The quantitative estimate of drug-likeness (QED) is 0.580. The van der Waals surface area contributed by atoms with Gasteiger partial charge in [-0.25, -0.2) is 4.74 Å². The predicted molar refractivity (Wildman–Crippen MR) is 93.5 cm³/mol. The zero-order valence-electron chi connectivity index (χ0n) is 11.4. The minimum absolute atomic E-state index is 0.911. The van der Waals surface area contributed by atoms with Gasteiger partial charge in [0.15, 0.2) is 0 Å². The highest BCUT2D eigenvalue weighted by atomic mass is 35.7. The van der Waals surface area contributed by atoms with E-state index in [9.17, 15) is 0 Å². The van der Waals surface area contributed by atoms with Crippen molar-refractivity contribution in [1.29, 1.82) is 0 Å². The summed E-state index contributed by atoms with van der Waals surface area (Å²) in [5, 5.41) is 2.14. The van der Waals surface area contributed by atoms with Gasteiger partial charge in [0.1, 0.15) is 6.41 Å². The molecule has 0 aliphatic carbocycles. The van der Waals surface area contributed by atoms with E-state index in [1.165, 1.54) is 0 Å². The van der Waals surface area contributed by atoms with Crippen LogP contribution in [0.3, 0.4) is 0 Å². The summed E-state index contributed by atoms with van der Waals surface area (Å²) in [6.45, 7) is 0. The SMILES string of the molecule is ClP(=Nc1ccccc1)(c1ccccc1)c1ccccc1. The average molecular weight is 312 g/mol. The molecule has 3 heteroatoms. The summed E-state index contributed by atoms with van der Waals surface area (Å²) in [5.41, 5.74) is 0.911. The van der Waals surface area contributed by atoms with Gasteiger partial charge in [-0.2, -0.15) is 0 Å². The van der Waals surface area contributed by atoms with Gasteiger partial charge in [0.2, 0.25) is 0 Å². The molecule has 0 saturated carbocycles. The van der Waals surface area contributed by atoms with Gasteiger partial charge in [-0.3, -0.25) is 0 Å². The first kappa shape index (κ1) is 14.1. The van der Waals surface area contributed by atoms with Gasteiger partial charge in [0, 0.05) is 10.6 Å². The third kappa shape index (κ3) is 3.10. The summed E-state index contributed by atoms with van der Waals surface area (Å²) in [4.78, 5) is 0. The van der Waals surface area contributed by atoms with Crippen molar-refractivity contribution in [2.45, 2.75) is 0 Å². The zero-order chi connectivity index (χ0) is 14.5. The van der Waals surface area contributed by atoms with Crippen molar-refractivity contribution in [1.82, 2.24) is 0 Å². The van der Waals surface area contributed by atoms with Gasteiger partial charge in [0.25, 0.3) is 0 Å². The van der Waals surface area contributed by atoms with Crippen molar-refractivity contribution in [2.75, 3.05) is 0 Å². The summed E-state index contributed by atoms with van der Waals surface area (Å²) in [7, 11) is 0.